The number of rotatable bonds is 5. The maximum atomic E-state index is 5.16. The fourth-order valence-corrected chi connectivity index (χ4v) is 2.85. The summed E-state index contributed by atoms with van der Waals surface area (Å²) in [6.45, 7) is 3.55. The molecule has 0 amide bonds. The fraction of sp³-hybridized carbons (Fsp3) is 0.533. The molecule has 0 radical (unpaired) electrons. The Morgan fingerprint density at radius 1 is 1.14 bits per heavy atom. The average molecular weight is 287 g/mol. The molecule has 0 saturated carbocycles. The van der Waals surface area contributed by atoms with E-state index in [0.717, 1.165) is 45.0 Å². The van der Waals surface area contributed by atoms with Crippen LogP contribution in [0.1, 0.15) is 24.6 Å². The van der Waals surface area contributed by atoms with Crippen LogP contribution >= 0.6 is 0 Å². The van der Waals surface area contributed by atoms with Crippen molar-refractivity contribution in [3.05, 3.63) is 36.7 Å². The predicted octanol–water partition coefficient (Wildman–Crippen LogP) is 1.70. The Hall–Kier alpha value is -1.95. The summed E-state index contributed by atoms with van der Waals surface area (Å²) in [4.78, 5) is 15.4. The molecular formula is C15H21N5O. The lowest BCUT2D eigenvalue weighted by molar-refractivity contribution is 0.185. The van der Waals surface area contributed by atoms with Crippen LogP contribution in [-0.2, 0) is 11.3 Å². The van der Waals surface area contributed by atoms with Crippen LogP contribution in [0.2, 0.25) is 0 Å². The van der Waals surface area contributed by atoms with Crippen molar-refractivity contribution in [2.45, 2.75) is 25.3 Å². The van der Waals surface area contributed by atoms with E-state index in [1.807, 2.05) is 18.5 Å². The lowest BCUT2D eigenvalue weighted by Crippen LogP contribution is -2.34. The summed E-state index contributed by atoms with van der Waals surface area (Å²) in [5.41, 5.74) is 0. The molecule has 3 rings (SSSR count). The van der Waals surface area contributed by atoms with Gasteiger partial charge >= 0.3 is 0 Å². The Kier molecular flexibility index (Phi) is 4.45. The monoisotopic (exact) mass is 287 g/mol. The first-order valence-electron chi connectivity index (χ1n) is 7.40. The van der Waals surface area contributed by atoms with Gasteiger partial charge in [0.15, 0.2) is 0 Å². The van der Waals surface area contributed by atoms with Crippen LogP contribution < -0.4 is 4.90 Å². The summed E-state index contributed by atoms with van der Waals surface area (Å²) in [6, 6.07) is 1.85. The summed E-state index contributed by atoms with van der Waals surface area (Å²) >= 11 is 0. The molecule has 112 valence electrons. The zero-order valence-electron chi connectivity index (χ0n) is 12.4. The minimum atomic E-state index is 0.511. The van der Waals surface area contributed by atoms with Gasteiger partial charge in [0, 0.05) is 57.4 Å². The van der Waals surface area contributed by atoms with Crippen LogP contribution in [0.25, 0.3) is 0 Å². The van der Waals surface area contributed by atoms with Crippen molar-refractivity contribution in [3.63, 3.8) is 0 Å². The Morgan fingerprint density at radius 2 is 1.90 bits per heavy atom. The van der Waals surface area contributed by atoms with Crippen LogP contribution in [0.3, 0.4) is 0 Å². The molecule has 0 unspecified atom stereocenters. The van der Waals surface area contributed by atoms with Crippen molar-refractivity contribution in [2.75, 3.05) is 31.7 Å². The van der Waals surface area contributed by atoms with Crippen LogP contribution in [0.5, 0.6) is 0 Å². The van der Waals surface area contributed by atoms with Gasteiger partial charge in [-0.15, -0.1) is 0 Å². The quantitative estimate of drug-likeness (QED) is 0.838. The van der Waals surface area contributed by atoms with Gasteiger partial charge in [-0.1, -0.05) is 0 Å². The molecule has 1 fully saturated rings. The topological polar surface area (TPSA) is 56.1 Å². The van der Waals surface area contributed by atoms with E-state index in [9.17, 15) is 0 Å². The summed E-state index contributed by atoms with van der Waals surface area (Å²) < 4.78 is 7.37. The second-order valence-corrected chi connectivity index (χ2v) is 5.28. The molecule has 0 atom stereocenters. The number of nitrogens with zero attached hydrogens (tertiary/aromatic N) is 5. The predicted molar refractivity (Wildman–Crippen MR) is 80.3 cm³/mol. The number of aromatic nitrogens is 4. The largest absolute Gasteiger partial charge is 0.383 e. The number of ether oxygens (including phenoxy) is 1. The molecule has 1 saturated heterocycles. The number of hydrogen-bond donors (Lipinski definition) is 0. The molecule has 0 N–H and O–H groups in total. The summed E-state index contributed by atoms with van der Waals surface area (Å²) in [5.74, 6) is 2.52. The van der Waals surface area contributed by atoms with E-state index in [0.29, 0.717) is 5.92 Å². The lowest BCUT2D eigenvalue weighted by Gasteiger charge is -2.31. The van der Waals surface area contributed by atoms with E-state index in [2.05, 4.69) is 24.4 Å². The van der Waals surface area contributed by atoms with Crippen molar-refractivity contribution >= 4 is 5.95 Å². The third-order valence-corrected chi connectivity index (χ3v) is 3.98. The highest BCUT2D eigenvalue weighted by molar-refractivity contribution is 5.29. The molecule has 3 heterocycles. The zero-order valence-corrected chi connectivity index (χ0v) is 12.4. The number of piperidine rings is 1. The molecule has 1 aliphatic heterocycles. The third-order valence-electron chi connectivity index (χ3n) is 3.98. The molecule has 0 aliphatic carbocycles. The molecule has 2 aromatic rings. The smallest absolute Gasteiger partial charge is 0.225 e. The highest BCUT2D eigenvalue weighted by atomic mass is 16.5. The minimum absolute atomic E-state index is 0.511. The van der Waals surface area contributed by atoms with Gasteiger partial charge < -0.3 is 14.2 Å². The van der Waals surface area contributed by atoms with Crippen molar-refractivity contribution in [1.82, 2.24) is 19.5 Å². The van der Waals surface area contributed by atoms with Crippen LogP contribution in [0.15, 0.2) is 30.9 Å². The van der Waals surface area contributed by atoms with E-state index in [-0.39, 0.29) is 0 Å². The second-order valence-electron chi connectivity index (χ2n) is 5.28. The molecular weight excluding hydrogens is 266 g/mol. The summed E-state index contributed by atoms with van der Waals surface area (Å²) in [6.07, 6.45) is 9.70. The summed E-state index contributed by atoms with van der Waals surface area (Å²) in [7, 11) is 1.73. The molecule has 0 spiro atoms. The van der Waals surface area contributed by atoms with Gasteiger partial charge in [-0.2, -0.15) is 0 Å². The number of anilines is 1. The normalized spacial score (nSPS) is 16.3. The standard InChI is InChI=1S/C15H21N5O/c1-21-12-11-19-10-7-16-14(19)13-3-8-20(9-4-13)15-17-5-2-6-18-15/h2,5-7,10,13H,3-4,8-9,11-12H2,1H3. The van der Waals surface area contributed by atoms with Gasteiger partial charge in [-0.05, 0) is 18.9 Å². The fourth-order valence-electron chi connectivity index (χ4n) is 2.85. The first kappa shape index (κ1) is 14.0. The highest BCUT2D eigenvalue weighted by Gasteiger charge is 2.24. The van der Waals surface area contributed by atoms with Crippen molar-refractivity contribution < 1.29 is 4.74 Å². The Labute approximate surface area is 124 Å². The maximum absolute atomic E-state index is 5.16. The minimum Gasteiger partial charge on any atom is -0.383 e. The zero-order chi connectivity index (χ0) is 14.5. The highest BCUT2D eigenvalue weighted by Crippen LogP contribution is 2.28. The van der Waals surface area contributed by atoms with Crippen molar-refractivity contribution in [1.29, 1.82) is 0 Å². The number of methoxy groups -OCH3 is 1. The Morgan fingerprint density at radius 3 is 2.62 bits per heavy atom. The lowest BCUT2D eigenvalue weighted by atomic mass is 9.96. The maximum Gasteiger partial charge on any atom is 0.225 e. The van der Waals surface area contributed by atoms with E-state index in [4.69, 9.17) is 4.74 Å². The second kappa shape index (κ2) is 6.67. The van der Waals surface area contributed by atoms with Gasteiger partial charge in [0.25, 0.3) is 0 Å². The number of imidazole rings is 1. The SMILES string of the molecule is COCCn1ccnc1C1CCN(c2ncccn2)CC1. The summed E-state index contributed by atoms with van der Waals surface area (Å²) in [5, 5.41) is 0. The number of hydrogen-bond acceptors (Lipinski definition) is 5. The molecule has 2 aromatic heterocycles. The van der Waals surface area contributed by atoms with Gasteiger partial charge in [0.1, 0.15) is 5.82 Å². The van der Waals surface area contributed by atoms with E-state index < -0.39 is 0 Å². The Bertz CT molecular complexity index is 548. The van der Waals surface area contributed by atoms with Gasteiger partial charge in [-0.3, -0.25) is 0 Å². The third kappa shape index (κ3) is 3.21. The van der Waals surface area contributed by atoms with Gasteiger partial charge in [0.2, 0.25) is 5.95 Å². The molecule has 0 aromatic carbocycles. The molecule has 6 nitrogen and oxygen atoms in total. The van der Waals surface area contributed by atoms with E-state index >= 15 is 0 Å². The first-order valence-corrected chi connectivity index (χ1v) is 7.40. The molecule has 21 heavy (non-hydrogen) atoms. The van der Waals surface area contributed by atoms with Crippen LogP contribution in [0.4, 0.5) is 5.95 Å². The Balaban J connectivity index is 1.62. The average Bonchev–Trinajstić information content (AvgIpc) is 3.02. The molecule has 6 heteroatoms. The van der Waals surface area contributed by atoms with Crippen molar-refractivity contribution in [3.8, 4) is 0 Å². The van der Waals surface area contributed by atoms with Crippen LogP contribution in [0, 0.1) is 0 Å². The van der Waals surface area contributed by atoms with E-state index in [1.54, 1.807) is 19.5 Å². The van der Waals surface area contributed by atoms with Gasteiger partial charge in [0.05, 0.1) is 6.61 Å². The molecule has 0 bridgehead atoms. The van der Waals surface area contributed by atoms with Crippen LogP contribution in [-0.4, -0.2) is 46.3 Å². The molecule has 1 aliphatic rings. The first-order chi connectivity index (χ1) is 10.4. The van der Waals surface area contributed by atoms with Gasteiger partial charge in [-0.25, -0.2) is 15.0 Å². The van der Waals surface area contributed by atoms with Crippen molar-refractivity contribution in [2.24, 2.45) is 0 Å². The van der Waals surface area contributed by atoms with E-state index in [1.165, 1.54) is 5.82 Å².